The zero-order chi connectivity index (χ0) is 29.2. The van der Waals surface area contributed by atoms with Crippen LogP contribution in [0.15, 0.2) is 42.7 Å². The van der Waals surface area contributed by atoms with Crippen LogP contribution in [-0.2, 0) is 31.4 Å². The van der Waals surface area contributed by atoms with E-state index in [1.165, 1.54) is 37.2 Å². The molecule has 3 atom stereocenters. The Morgan fingerprint density at radius 1 is 1.07 bits per heavy atom. The quantitative estimate of drug-likeness (QED) is 0.435. The molecule has 2 aliphatic rings. The summed E-state index contributed by atoms with van der Waals surface area (Å²) in [6, 6.07) is 6.07. The lowest BCUT2D eigenvalue weighted by atomic mass is 9.90. The molecule has 1 unspecified atom stereocenters. The standard InChI is InChI=1S/C26H25F7N6O/c1-24(28,25(29,30)23-36-35-13-37(23)2)14-5-4-6-15(7-14)39-12-18-17(22(39)40)8-16(9-19(18)26(31,32)33)38(3)21-11-34-10-20(21)27/h4-9,13,20-21,34H,10-12H2,1-3H3/t20-,21-,24?/m1/s1. The fourth-order valence-corrected chi connectivity index (χ4v) is 5.19. The van der Waals surface area contributed by atoms with Crippen LogP contribution in [0, 0.1) is 0 Å². The Bertz CT molecular complexity index is 1450. The Hall–Kier alpha value is -3.68. The topological polar surface area (TPSA) is 66.3 Å². The van der Waals surface area contributed by atoms with Crippen molar-refractivity contribution in [1.29, 1.82) is 0 Å². The minimum Gasteiger partial charge on any atom is -0.367 e. The number of benzene rings is 2. The third-order valence-electron chi connectivity index (χ3n) is 7.63. The molecule has 0 aliphatic carbocycles. The molecule has 214 valence electrons. The van der Waals surface area contributed by atoms with Crippen molar-refractivity contribution in [1.82, 2.24) is 20.1 Å². The van der Waals surface area contributed by atoms with Crippen LogP contribution in [0.4, 0.5) is 42.1 Å². The van der Waals surface area contributed by atoms with Gasteiger partial charge in [0.05, 0.1) is 18.2 Å². The lowest BCUT2D eigenvalue weighted by Gasteiger charge is -2.30. The average Bonchev–Trinajstić information content (AvgIpc) is 3.61. The molecule has 1 N–H and O–H groups in total. The first kappa shape index (κ1) is 27.9. The lowest BCUT2D eigenvalue weighted by Crippen LogP contribution is -2.39. The predicted octanol–water partition coefficient (Wildman–Crippen LogP) is 4.72. The van der Waals surface area contributed by atoms with Gasteiger partial charge in [0, 0.05) is 44.1 Å². The number of aryl methyl sites for hydroxylation is 1. The largest absolute Gasteiger partial charge is 0.416 e. The summed E-state index contributed by atoms with van der Waals surface area (Å²) in [5.41, 5.74) is -5.52. The van der Waals surface area contributed by atoms with E-state index in [1.54, 1.807) is 0 Å². The highest BCUT2D eigenvalue weighted by Gasteiger charge is 2.57. The van der Waals surface area contributed by atoms with Gasteiger partial charge in [-0.1, -0.05) is 12.1 Å². The first-order chi connectivity index (χ1) is 18.6. The van der Waals surface area contributed by atoms with Crippen molar-refractivity contribution in [2.24, 2.45) is 7.05 Å². The van der Waals surface area contributed by atoms with Crippen LogP contribution >= 0.6 is 0 Å². The van der Waals surface area contributed by atoms with E-state index in [9.17, 15) is 22.4 Å². The number of nitrogens with zero attached hydrogens (tertiary/aromatic N) is 5. The van der Waals surface area contributed by atoms with Crippen LogP contribution in [0.5, 0.6) is 0 Å². The number of nitrogens with one attached hydrogen (secondary N) is 1. The van der Waals surface area contributed by atoms with Crippen molar-refractivity contribution in [2.75, 3.05) is 29.9 Å². The van der Waals surface area contributed by atoms with Gasteiger partial charge in [0.1, 0.15) is 12.5 Å². The fraction of sp³-hybridized carbons (Fsp3) is 0.423. The molecule has 0 spiro atoms. The molecule has 1 aromatic heterocycles. The molecule has 0 bridgehead atoms. The second kappa shape index (κ2) is 9.46. The van der Waals surface area contributed by atoms with Gasteiger partial charge in [-0.25, -0.2) is 8.78 Å². The summed E-state index contributed by atoms with van der Waals surface area (Å²) >= 11 is 0. The number of carbonyl (C=O) groups excluding carboxylic acids is 1. The molecule has 14 heteroatoms. The van der Waals surface area contributed by atoms with Crippen LogP contribution in [-0.4, -0.2) is 53.0 Å². The number of alkyl halides is 7. The smallest absolute Gasteiger partial charge is 0.367 e. The van der Waals surface area contributed by atoms with Crippen LogP contribution < -0.4 is 15.1 Å². The van der Waals surface area contributed by atoms with Crippen molar-refractivity contribution in [2.45, 2.75) is 43.4 Å². The van der Waals surface area contributed by atoms with Crippen LogP contribution in [0.1, 0.15) is 39.8 Å². The highest BCUT2D eigenvalue weighted by Crippen LogP contribution is 2.48. The third kappa shape index (κ3) is 4.38. The number of aromatic nitrogens is 3. The van der Waals surface area contributed by atoms with Gasteiger partial charge in [-0.05, 0) is 42.3 Å². The summed E-state index contributed by atoms with van der Waals surface area (Å²) < 4.78 is 104. The molecule has 1 saturated heterocycles. The summed E-state index contributed by atoms with van der Waals surface area (Å²) in [6.07, 6.45) is -5.16. The SMILES string of the molecule is CN(c1cc2c(c(C(F)(F)F)c1)CN(c1cccc(C(C)(F)C(F)(F)c3nncn3C)c1)C2=O)[C@@H]1CNC[C@H]1F. The maximum atomic E-state index is 15.8. The van der Waals surface area contributed by atoms with Gasteiger partial charge in [-0.3, -0.25) is 4.79 Å². The summed E-state index contributed by atoms with van der Waals surface area (Å²) in [5.74, 6) is -5.89. The van der Waals surface area contributed by atoms with Crippen LogP contribution in [0.2, 0.25) is 0 Å². The summed E-state index contributed by atoms with van der Waals surface area (Å²) in [7, 11) is 2.68. The summed E-state index contributed by atoms with van der Waals surface area (Å²) in [5, 5.41) is 9.55. The van der Waals surface area contributed by atoms with Crippen molar-refractivity contribution < 1.29 is 35.5 Å². The minimum atomic E-state index is -4.84. The first-order valence-electron chi connectivity index (χ1n) is 12.3. The molecule has 5 rings (SSSR count). The number of likely N-dealkylation sites (N-methyl/N-ethyl adjacent to an activating group) is 1. The first-order valence-corrected chi connectivity index (χ1v) is 12.3. The van der Waals surface area contributed by atoms with Gasteiger partial charge in [-0.2, -0.15) is 22.0 Å². The van der Waals surface area contributed by atoms with E-state index in [-0.39, 0.29) is 35.6 Å². The number of amides is 1. The van der Waals surface area contributed by atoms with Gasteiger partial charge in [-0.15, -0.1) is 10.2 Å². The average molecular weight is 571 g/mol. The number of halogens is 7. The van der Waals surface area contributed by atoms with Crippen LogP contribution in [0.3, 0.4) is 0 Å². The molecule has 40 heavy (non-hydrogen) atoms. The highest BCUT2D eigenvalue weighted by molar-refractivity contribution is 6.11. The molecular formula is C26H25F7N6O. The molecule has 2 aliphatic heterocycles. The number of hydrogen-bond acceptors (Lipinski definition) is 5. The molecule has 3 heterocycles. The predicted molar refractivity (Wildman–Crippen MR) is 132 cm³/mol. The van der Waals surface area contributed by atoms with Gasteiger partial charge in [0.25, 0.3) is 5.91 Å². The lowest BCUT2D eigenvalue weighted by molar-refractivity contribution is -0.149. The van der Waals surface area contributed by atoms with Crippen molar-refractivity contribution in [3.63, 3.8) is 0 Å². The zero-order valence-electron chi connectivity index (χ0n) is 21.6. The number of fused-ring (bicyclic) bond motifs is 1. The van der Waals surface area contributed by atoms with E-state index in [0.717, 1.165) is 34.0 Å². The normalized spacial score (nSPS) is 21.1. The Balaban J connectivity index is 1.52. The van der Waals surface area contributed by atoms with Gasteiger partial charge in [0.15, 0.2) is 0 Å². The van der Waals surface area contributed by atoms with Crippen molar-refractivity contribution in [3.8, 4) is 0 Å². The monoisotopic (exact) mass is 570 g/mol. The number of anilines is 2. The Morgan fingerprint density at radius 2 is 1.80 bits per heavy atom. The van der Waals surface area contributed by atoms with Gasteiger partial charge in [0.2, 0.25) is 11.5 Å². The second-order valence-electron chi connectivity index (χ2n) is 10.2. The van der Waals surface area contributed by atoms with E-state index in [1.807, 2.05) is 0 Å². The zero-order valence-corrected chi connectivity index (χ0v) is 21.6. The third-order valence-corrected chi connectivity index (χ3v) is 7.63. The maximum Gasteiger partial charge on any atom is 0.416 e. The number of hydrogen-bond donors (Lipinski definition) is 1. The molecule has 3 aromatic rings. The van der Waals surface area contributed by atoms with Gasteiger partial charge >= 0.3 is 12.1 Å². The van der Waals surface area contributed by atoms with Gasteiger partial charge < -0.3 is 19.7 Å². The van der Waals surface area contributed by atoms with Crippen molar-refractivity contribution in [3.05, 3.63) is 70.8 Å². The summed E-state index contributed by atoms with van der Waals surface area (Å²) in [4.78, 5) is 15.7. The number of rotatable bonds is 6. The molecule has 1 fully saturated rings. The molecule has 2 aromatic carbocycles. The molecule has 0 radical (unpaired) electrons. The molecule has 1 amide bonds. The Morgan fingerprint density at radius 3 is 2.40 bits per heavy atom. The van der Waals surface area contributed by atoms with Crippen molar-refractivity contribution >= 4 is 17.3 Å². The maximum absolute atomic E-state index is 15.8. The van der Waals surface area contributed by atoms with E-state index in [4.69, 9.17) is 0 Å². The van der Waals surface area contributed by atoms with E-state index in [0.29, 0.717) is 6.92 Å². The van der Waals surface area contributed by atoms with E-state index < -0.39 is 59.4 Å². The Labute approximate surface area is 224 Å². The summed E-state index contributed by atoms with van der Waals surface area (Å²) in [6.45, 7) is 0.402. The molecule has 7 nitrogen and oxygen atoms in total. The van der Waals surface area contributed by atoms with Crippen LogP contribution in [0.25, 0.3) is 0 Å². The Kier molecular flexibility index (Phi) is 6.59. The van der Waals surface area contributed by atoms with E-state index >= 15 is 13.2 Å². The molecule has 0 saturated carbocycles. The van der Waals surface area contributed by atoms with E-state index in [2.05, 4.69) is 15.5 Å². The highest BCUT2D eigenvalue weighted by atomic mass is 19.4. The molecular weight excluding hydrogens is 545 g/mol. The minimum absolute atomic E-state index is 0.00558. The number of carbonyl (C=O) groups is 1. The fourth-order valence-electron chi connectivity index (χ4n) is 5.19. The second-order valence-corrected chi connectivity index (χ2v) is 10.2.